The van der Waals surface area contributed by atoms with Gasteiger partial charge in [0, 0.05) is 18.1 Å². The van der Waals surface area contributed by atoms with Gasteiger partial charge in [-0.1, -0.05) is 58.3 Å². The van der Waals surface area contributed by atoms with Gasteiger partial charge in [0.05, 0.1) is 4.92 Å². The summed E-state index contributed by atoms with van der Waals surface area (Å²) in [7, 11) is 0. The van der Waals surface area contributed by atoms with Crippen molar-refractivity contribution in [1.82, 2.24) is 0 Å². The smallest absolute Gasteiger partial charge is 0.246 e. The molecule has 174 valence electrons. The second-order valence-corrected chi connectivity index (χ2v) is 9.42. The molecule has 0 aliphatic carbocycles. The zero-order chi connectivity index (χ0) is 23.0. The summed E-state index contributed by atoms with van der Waals surface area (Å²) in [5.41, 5.74) is 3.17. The van der Waals surface area contributed by atoms with Crippen molar-refractivity contribution in [1.29, 1.82) is 0 Å². The van der Waals surface area contributed by atoms with Crippen LogP contribution in [0.1, 0.15) is 107 Å². The number of hydrogen-bond donors (Lipinski definition) is 1. The second kappa shape index (κ2) is 11.5. The van der Waals surface area contributed by atoms with E-state index >= 15 is 0 Å². The molecule has 1 N–H and O–H groups in total. The number of phenolic OH excluding ortho intramolecular Hbond substituents is 1. The first-order chi connectivity index (χ1) is 14.7. The van der Waals surface area contributed by atoms with Crippen LogP contribution in [0.4, 0.5) is 0 Å². The van der Waals surface area contributed by atoms with E-state index in [1.165, 1.54) is 38.5 Å². The van der Waals surface area contributed by atoms with E-state index in [2.05, 4.69) is 6.92 Å². The highest BCUT2D eigenvalue weighted by Crippen LogP contribution is 2.43. The molecule has 5 nitrogen and oxygen atoms in total. The van der Waals surface area contributed by atoms with E-state index in [0.717, 1.165) is 53.7 Å². The lowest BCUT2D eigenvalue weighted by molar-refractivity contribution is -0.429. The Morgan fingerprint density at radius 1 is 1.03 bits per heavy atom. The summed E-state index contributed by atoms with van der Waals surface area (Å²) >= 11 is 0. The van der Waals surface area contributed by atoms with Gasteiger partial charge < -0.3 is 9.84 Å². The van der Waals surface area contributed by atoms with Crippen LogP contribution in [-0.2, 0) is 6.42 Å². The number of rotatable bonds is 12. The van der Waals surface area contributed by atoms with E-state index in [9.17, 15) is 15.2 Å². The molecular weight excluding hydrogens is 390 g/mol. The molecule has 0 saturated heterocycles. The van der Waals surface area contributed by atoms with Crippen LogP contribution in [0.2, 0.25) is 0 Å². The Hall–Kier alpha value is -2.04. The van der Waals surface area contributed by atoms with Crippen molar-refractivity contribution in [2.24, 2.45) is 0 Å². The van der Waals surface area contributed by atoms with Gasteiger partial charge in [-0.05, 0) is 63.6 Å². The number of nitrogens with zero attached hydrogens (tertiary/aromatic N) is 1. The molecule has 0 radical (unpaired) electrons. The molecule has 2 rings (SSSR count). The van der Waals surface area contributed by atoms with E-state index < -0.39 is 5.60 Å². The van der Waals surface area contributed by atoms with Crippen LogP contribution in [0.25, 0.3) is 0 Å². The molecule has 1 aromatic carbocycles. The fourth-order valence-electron chi connectivity index (χ4n) is 4.55. The van der Waals surface area contributed by atoms with Crippen LogP contribution < -0.4 is 4.74 Å². The highest BCUT2D eigenvalue weighted by Gasteiger charge is 2.35. The van der Waals surface area contributed by atoms with E-state index in [1.807, 2.05) is 27.7 Å². The van der Waals surface area contributed by atoms with Gasteiger partial charge in [-0.15, -0.1) is 0 Å². The average Bonchev–Trinajstić information content (AvgIpc) is 2.74. The summed E-state index contributed by atoms with van der Waals surface area (Å²) in [4.78, 5) is 11.5. The van der Waals surface area contributed by atoms with E-state index in [-0.39, 0.29) is 10.6 Å². The van der Waals surface area contributed by atoms with Gasteiger partial charge in [0.1, 0.15) is 17.1 Å². The lowest BCUT2D eigenvalue weighted by atomic mass is 9.86. The summed E-state index contributed by atoms with van der Waals surface area (Å²) in [6.45, 7) is 9.91. The molecular formula is C26H41NO4. The van der Waals surface area contributed by atoms with E-state index in [4.69, 9.17) is 4.74 Å². The molecule has 0 saturated carbocycles. The van der Waals surface area contributed by atoms with E-state index in [0.29, 0.717) is 18.6 Å². The number of ether oxygens (including phenoxy) is 1. The molecule has 1 unspecified atom stereocenters. The summed E-state index contributed by atoms with van der Waals surface area (Å²) in [5, 5.41) is 22.0. The lowest BCUT2D eigenvalue weighted by Crippen LogP contribution is -2.36. The maximum absolute atomic E-state index is 11.7. The maximum atomic E-state index is 11.7. The lowest BCUT2D eigenvalue weighted by Gasteiger charge is -2.35. The Kier molecular flexibility index (Phi) is 9.39. The molecule has 1 heterocycles. The first kappa shape index (κ1) is 25.2. The molecule has 0 amide bonds. The largest absolute Gasteiger partial charge is 0.507 e. The SMILES string of the molecule is CCCCCCCCCCC/C(=C/C1(C)CCc2c(C)c(O)c(C)c(C)c2O1)[N+](=O)[O-]. The molecule has 1 aliphatic heterocycles. The minimum atomic E-state index is -0.699. The molecule has 5 heteroatoms. The highest BCUT2D eigenvalue weighted by molar-refractivity contribution is 5.58. The number of benzene rings is 1. The summed E-state index contributed by atoms with van der Waals surface area (Å²) in [5.74, 6) is 1.11. The molecule has 0 bridgehead atoms. The molecule has 1 aliphatic rings. The van der Waals surface area contributed by atoms with Crippen LogP contribution in [0, 0.1) is 30.9 Å². The Morgan fingerprint density at radius 2 is 1.61 bits per heavy atom. The third kappa shape index (κ3) is 6.72. The third-order valence-electron chi connectivity index (χ3n) is 6.79. The standard InChI is InChI=1S/C26H41NO4/c1-6-7-8-9-10-11-12-13-14-15-22(27(29)30)18-26(5)17-16-23-21(4)24(28)19(2)20(3)25(23)31-26/h18,28H,6-17H2,1-5H3/b22-18-. The van der Waals surface area contributed by atoms with Gasteiger partial charge in [0.15, 0.2) is 0 Å². The van der Waals surface area contributed by atoms with Gasteiger partial charge in [-0.2, -0.15) is 0 Å². The third-order valence-corrected chi connectivity index (χ3v) is 6.79. The molecule has 1 atom stereocenters. The van der Waals surface area contributed by atoms with Crippen molar-refractivity contribution >= 4 is 0 Å². The van der Waals surface area contributed by atoms with Gasteiger partial charge in [-0.25, -0.2) is 0 Å². The zero-order valence-electron chi connectivity index (χ0n) is 20.2. The number of phenols is 1. The van der Waals surface area contributed by atoms with Gasteiger partial charge in [-0.3, -0.25) is 10.1 Å². The van der Waals surface area contributed by atoms with Gasteiger partial charge in [0.2, 0.25) is 5.70 Å². The molecule has 0 fully saturated rings. The molecule has 0 aromatic heterocycles. The van der Waals surface area contributed by atoms with Crippen molar-refractivity contribution in [2.45, 2.75) is 117 Å². The Bertz CT molecular complexity index is 799. The molecule has 1 aromatic rings. The predicted octanol–water partition coefficient (Wildman–Crippen LogP) is 7.48. The number of nitro groups is 1. The zero-order valence-corrected chi connectivity index (χ0v) is 20.2. The number of hydrogen-bond acceptors (Lipinski definition) is 4. The highest BCUT2D eigenvalue weighted by atomic mass is 16.6. The summed E-state index contributed by atoms with van der Waals surface area (Å²) in [6, 6.07) is 0. The summed E-state index contributed by atoms with van der Waals surface area (Å²) < 4.78 is 6.35. The molecule has 0 spiro atoms. The molecule has 31 heavy (non-hydrogen) atoms. The van der Waals surface area contributed by atoms with Gasteiger partial charge >= 0.3 is 0 Å². The van der Waals surface area contributed by atoms with Gasteiger partial charge in [0.25, 0.3) is 0 Å². The number of unbranched alkanes of at least 4 members (excludes halogenated alkanes) is 8. The second-order valence-electron chi connectivity index (χ2n) is 9.42. The predicted molar refractivity (Wildman–Crippen MR) is 127 cm³/mol. The quantitative estimate of drug-likeness (QED) is 0.211. The monoisotopic (exact) mass is 431 g/mol. The number of allylic oxidation sites excluding steroid dienone is 1. The van der Waals surface area contributed by atoms with Crippen molar-refractivity contribution in [2.75, 3.05) is 0 Å². The van der Waals surface area contributed by atoms with Crippen molar-refractivity contribution < 1.29 is 14.8 Å². The first-order valence-electron chi connectivity index (χ1n) is 12.1. The Labute approximate surface area is 188 Å². The normalized spacial score (nSPS) is 18.5. The van der Waals surface area contributed by atoms with Crippen LogP contribution in [0.3, 0.4) is 0 Å². The van der Waals surface area contributed by atoms with Crippen LogP contribution in [0.5, 0.6) is 11.5 Å². The van der Waals surface area contributed by atoms with Crippen LogP contribution in [0.15, 0.2) is 11.8 Å². The van der Waals surface area contributed by atoms with Crippen molar-refractivity contribution in [3.05, 3.63) is 44.1 Å². The summed E-state index contributed by atoms with van der Waals surface area (Å²) in [6.07, 6.45) is 14.4. The Balaban J connectivity index is 1.97. The fraction of sp³-hybridized carbons (Fsp3) is 0.692. The first-order valence-corrected chi connectivity index (χ1v) is 12.1. The number of fused-ring (bicyclic) bond motifs is 1. The topological polar surface area (TPSA) is 72.6 Å². The fourth-order valence-corrected chi connectivity index (χ4v) is 4.55. The van der Waals surface area contributed by atoms with Crippen LogP contribution >= 0.6 is 0 Å². The van der Waals surface area contributed by atoms with E-state index in [1.54, 1.807) is 6.08 Å². The maximum Gasteiger partial charge on any atom is 0.246 e. The van der Waals surface area contributed by atoms with Crippen molar-refractivity contribution in [3.63, 3.8) is 0 Å². The van der Waals surface area contributed by atoms with Crippen LogP contribution in [-0.4, -0.2) is 15.6 Å². The minimum Gasteiger partial charge on any atom is -0.507 e. The number of aromatic hydroxyl groups is 1. The average molecular weight is 432 g/mol. The Morgan fingerprint density at radius 3 is 2.19 bits per heavy atom. The minimum absolute atomic E-state index is 0.241. The van der Waals surface area contributed by atoms with Crippen molar-refractivity contribution in [3.8, 4) is 11.5 Å².